The molecule has 8 nitrogen and oxygen atoms in total. The van der Waals surface area contributed by atoms with Gasteiger partial charge in [-0.05, 0) is 0 Å². The van der Waals surface area contributed by atoms with Crippen LogP contribution in [0, 0.1) is 0 Å². The number of carboxylic acid groups (broad SMARTS) is 1. The maximum absolute atomic E-state index is 11.3. The van der Waals surface area contributed by atoms with E-state index in [0.717, 1.165) is 20.0 Å². The largest absolute Gasteiger partial charge is 0.481 e. The predicted molar refractivity (Wildman–Crippen MR) is 90.4 cm³/mol. The molecule has 0 aliphatic carbocycles. The average molecular weight is 334 g/mol. The van der Waals surface area contributed by atoms with E-state index in [-0.39, 0.29) is 6.42 Å². The fourth-order valence-corrected chi connectivity index (χ4v) is 3.48. The number of hydrogen-bond donors (Lipinski definition) is 1. The Labute approximate surface area is 143 Å². The van der Waals surface area contributed by atoms with E-state index in [1.54, 1.807) is 0 Å². The molecular weight excluding hydrogens is 308 g/mol. The smallest absolute Gasteiger partial charge is 0.303 e. The zero-order valence-corrected chi connectivity index (χ0v) is 14.5. The zero-order valence-electron chi connectivity index (χ0n) is 14.5. The van der Waals surface area contributed by atoms with Gasteiger partial charge in [-0.1, -0.05) is 0 Å². The number of carbonyl (C=O) groups is 1. The highest BCUT2D eigenvalue weighted by molar-refractivity contribution is 5.66. The molecular formula is C16H26N6O2. The first-order valence-electron chi connectivity index (χ1n) is 8.09. The van der Waals surface area contributed by atoms with Gasteiger partial charge in [0, 0.05) is 64.8 Å². The third kappa shape index (κ3) is 2.83. The zero-order chi connectivity index (χ0) is 17.3. The number of nitrogens with zero attached hydrogens (tertiary/aromatic N) is 6. The van der Waals surface area contributed by atoms with Gasteiger partial charge in [0.15, 0.2) is 5.79 Å². The molecule has 132 valence electrons. The van der Waals surface area contributed by atoms with Gasteiger partial charge in [0.2, 0.25) is 0 Å². The molecule has 0 fully saturated rings. The fraction of sp³-hybridized carbons (Fsp3) is 0.562. The molecule has 8 heteroatoms. The molecule has 0 saturated heterocycles. The summed E-state index contributed by atoms with van der Waals surface area (Å²) in [5.41, 5.74) is 0. The first-order valence-corrected chi connectivity index (χ1v) is 8.09. The third-order valence-electron chi connectivity index (χ3n) is 4.68. The summed E-state index contributed by atoms with van der Waals surface area (Å²) in [7, 11) is 6.07. The summed E-state index contributed by atoms with van der Waals surface area (Å²) >= 11 is 0. The summed E-state index contributed by atoms with van der Waals surface area (Å²) in [6, 6.07) is 0. The summed E-state index contributed by atoms with van der Waals surface area (Å²) in [6.45, 7) is 2.17. The van der Waals surface area contributed by atoms with Crippen molar-refractivity contribution in [3.8, 4) is 0 Å². The fourth-order valence-electron chi connectivity index (χ4n) is 3.48. The summed E-state index contributed by atoms with van der Waals surface area (Å²) in [5, 5.41) is 9.32. The topological polar surface area (TPSA) is 56.7 Å². The van der Waals surface area contributed by atoms with Gasteiger partial charge in [0.05, 0.1) is 26.4 Å². The highest BCUT2D eigenvalue weighted by atomic mass is 16.4. The second-order valence-corrected chi connectivity index (χ2v) is 6.67. The second kappa shape index (κ2) is 6.18. The number of rotatable bonds is 6. The quantitative estimate of drug-likeness (QED) is 0.755. The van der Waals surface area contributed by atoms with Gasteiger partial charge in [-0.15, -0.1) is 0 Å². The van der Waals surface area contributed by atoms with Crippen molar-refractivity contribution in [3.05, 3.63) is 37.2 Å². The van der Waals surface area contributed by atoms with Crippen molar-refractivity contribution in [1.82, 2.24) is 29.4 Å². The molecule has 0 aromatic heterocycles. The van der Waals surface area contributed by atoms with Crippen molar-refractivity contribution >= 4 is 5.97 Å². The van der Waals surface area contributed by atoms with Crippen LogP contribution in [0.1, 0.15) is 12.8 Å². The van der Waals surface area contributed by atoms with E-state index in [2.05, 4.69) is 48.0 Å². The molecule has 0 unspecified atom stereocenters. The van der Waals surface area contributed by atoms with Gasteiger partial charge in [-0.3, -0.25) is 4.79 Å². The number of aliphatic carboxylic acids is 1. The summed E-state index contributed by atoms with van der Waals surface area (Å²) < 4.78 is 0. The molecule has 0 aromatic rings. The van der Waals surface area contributed by atoms with E-state index in [9.17, 15) is 9.90 Å². The van der Waals surface area contributed by atoms with Gasteiger partial charge in [0.25, 0.3) is 0 Å². The maximum Gasteiger partial charge on any atom is 0.303 e. The Hall–Kier alpha value is -2.51. The Kier molecular flexibility index (Phi) is 4.21. The molecule has 3 aliphatic rings. The van der Waals surface area contributed by atoms with Crippen LogP contribution in [0.2, 0.25) is 0 Å². The molecule has 3 heterocycles. The van der Waals surface area contributed by atoms with Gasteiger partial charge in [-0.2, -0.15) is 0 Å². The van der Waals surface area contributed by atoms with Crippen LogP contribution in [0.15, 0.2) is 37.2 Å². The second-order valence-electron chi connectivity index (χ2n) is 6.67. The summed E-state index contributed by atoms with van der Waals surface area (Å²) in [6.07, 6.45) is 12.9. The monoisotopic (exact) mass is 334 g/mol. The number of hydrogen-bond acceptors (Lipinski definition) is 7. The maximum atomic E-state index is 11.3. The van der Waals surface area contributed by atoms with E-state index in [0.29, 0.717) is 6.42 Å². The van der Waals surface area contributed by atoms with Crippen molar-refractivity contribution < 1.29 is 9.90 Å². The van der Waals surface area contributed by atoms with Crippen LogP contribution in [-0.2, 0) is 4.79 Å². The SMILES string of the molecule is CN1C=CN(C(CCC(=O)O)(N2C=CN(C)C2)N2C=CN(C)C2)C1. The van der Waals surface area contributed by atoms with Gasteiger partial charge in [-0.25, -0.2) is 0 Å². The Morgan fingerprint density at radius 2 is 1.21 bits per heavy atom. The lowest BCUT2D eigenvalue weighted by Gasteiger charge is -2.53. The van der Waals surface area contributed by atoms with E-state index in [4.69, 9.17) is 0 Å². The number of carboxylic acids is 1. The van der Waals surface area contributed by atoms with Gasteiger partial charge < -0.3 is 34.5 Å². The van der Waals surface area contributed by atoms with Crippen LogP contribution in [0.4, 0.5) is 0 Å². The Bertz CT molecular complexity index is 510. The minimum Gasteiger partial charge on any atom is -0.481 e. The van der Waals surface area contributed by atoms with Crippen molar-refractivity contribution in [1.29, 1.82) is 0 Å². The first-order chi connectivity index (χ1) is 11.4. The van der Waals surface area contributed by atoms with Crippen LogP contribution in [-0.4, -0.2) is 87.4 Å². The molecule has 0 aromatic carbocycles. The van der Waals surface area contributed by atoms with Crippen molar-refractivity contribution in [3.63, 3.8) is 0 Å². The molecule has 3 aliphatic heterocycles. The Morgan fingerprint density at radius 1 is 0.833 bits per heavy atom. The normalized spacial score (nSPS) is 20.3. The van der Waals surface area contributed by atoms with Gasteiger partial charge >= 0.3 is 5.97 Å². The van der Waals surface area contributed by atoms with Crippen LogP contribution in [0.25, 0.3) is 0 Å². The molecule has 0 radical (unpaired) electrons. The van der Waals surface area contributed by atoms with E-state index in [1.165, 1.54) is 0 Å². The van der Waals surface area contributed by atoms with Gasteiger partial charge in [0.1, 0.15) is 0 Å². The van der Waals surface area contributed by atoms with Crippen molar-refractivity contribution in [2.24, 2.45) is 0 Å². The van der Waals surface area contributed by atoms with E-state index >= 15 is 0 Å². The van der Waals surface area contributed by atoms with Crippen molar-refractivity contribution in [2.45, 2.75) is 18.6 Å². The van der Waals surface area contributed by atoms with Crippen LogP contribution >= 0.6 is 0 Å². The van der Waals surface area contributed by atoms with Crippen LogP contribution in [0.5, 0.6) is 0 Å². The van der Waals surface area contributed by atoms with E-state index < -0.39 is 11.8 Å². The minimum absolute atomic E-state index is 0.107. The predicted octanol–water partition coefficient (Wildman–Crippen LogP) is 0.533. The molecule has 3 rings (SSSR count). The molecule has 0 amide bonds. The molecule has 0 spiro atoms. The molecule has 24 heavy (non-hydrogen) atoms. The first kappa shape index (κ1) is 16.4. The molecule has 0 atom stereocenters. The average Bonchev–Trinajstić information content (AvgIpc) is 3.23. The lowest BCUT2D eigenvalue weighted by atomic mass is 10.1. The Morgan fingerprint density at radius 3 is 1.46 bits per heavy atom. The summed E-state index contributed by atoms with van der Waals surface area (Å²) in [4.78, 5) is 24.3. The highest BCUT2D eigenvalue weighted by Gasteiger charge is 2.48. The third-order valence-corrected chi connectivity index (χ3v) is 4.68. The van der Waals surface area contributed by atoms with Crippen LogP contribution in [0.3, 0.4) is 0 Å². The lowest BCUT2D eigenvalue weighted by molar-refractivity contribution is -0.147. The Balaban J connectivity index is 1.98. The summed E-state index contributed by atoms with van der Waals surface area (Å²) in [5.74, 6) is -1.33. The standard InChI is InChI=1S/C16H26N6O2/c1-17-6-9-20(12-17)16(5-4-15(23)24,21-10-7-18(2)13-21)22-11-8-19(3)14-22/h6-11H,4-5,12-14H2,1-3H3,(H,23,24). The lowest BCUT2D eigenvalue weighted by Crippen LogP contribution is -2.66. The van der Waals surface area contributed by atoms with E-state index in [1.807, 2.05) is 39.7 Å². The molecule has 0 saturated carbocycles. The van der Waals surface area contributed by atoms with Crippen LogP contribution < -0.4 is 0 Å². The molecule has 1 N–H and O–H groups in total. The minimum atomic E-state index is -0.774. The van der Waals surface area contributed by atoms with Crippen molar-refractivity contribution in [2.75, 3.05) is 41.1 Å². The molecule has 0 bridgehead atoms. The highest BCUT2D eigenvalue weighted by Crippen LogP contribution is 2.36.